The van der Waals surface area contributed by atoms with Crippen molar-refractivity contribution < 1.29 is 12.8 Å². The number of H-pyrrole nitrogens is 1. The molecule has 0 spiro atoms. The zero-order valence-corrected chi connectivity index (χ0v) is 20.3. The standard InChI is InChI=1S/C23H27FN4O3S2/c1-14-3-8-18-19(13-14)32-23-20(18)22(29)25-21(26-23)15(2)27-9-11-28(12-10-27)33(30,31)17-6-4-16(24)5-7-17/h4-7,14-15H,3,8-13H2,1-2H3,(H,25,26,29)/t14-,15+/m1/s1. The highest BCUT2D eigenvalue weighted by Crippen LogP contribution is 2.36. The SMILES string of the molecule is C[C@@H]1CCc2c(sc3nc([C@H](C)N4CCN(S(=O)(=O)c5ccc(F)cc5)CC4)[nH]c(=O)c23)C1. The van der Waals surface area contributed by atoms with Crippen molar-refractivity contribution in [2.24, 2.45) is 5.92 Å². The van der Waals surface area contributed by atoms with Gasteiger partial charge in [0.15, 0.2) is 0 Å². The number of rotatable bonds is 4. The lowest BCUT2D eigenvalue weighted by Gasteiger charge is -2.36. The molecule has 33 heavy (non-hydrogen) atoms. The fourth-order valence-electron chi connectivity index (χ4n) is 4.82. The molecular weight excluding hydrogens is 463 g/mol. The van der Waals surface area contributed by atoms with Crippen LogP contribution in [0.1, 0.15) is 42.6 Å². The number of thiophene rings is 1. The van der Waals surface area contributed by atoms with Crippen LogP contribution in [0.3, 0.4) is 0 Å². The lowest BCUT2D eigenvalue weighted by molar-refractivity contribution is 0.141. The van der Waals surface area contributed by atoms with Crippen molar-refractivity contribution in [2.75, 3.05) is 26.2 Å². The van der Waals surface area contributed by atoms with Crippen LogP contribution in [-0.2, 0) is 22.9 Å². The summed E-state index contributed by atoms with van der Waals surface area (Å²) in [5, 5.41) is 0.744. The van der Waals surface area contributed by atoms with Gasteiger partial charge in [0.05, 0.1) is 16.3 Å². The topological polar surface area (TPSA) is 86.4 Å². The number of benzene rings is 1. The van der Waals surface area contributed by atoms with E-state index in [-0.39, 0.29) is 16.5 Å². The smallest absolute Gasteiger partial charge is 0.259 e. The molecule has 1 aliphatic carbocycles. The number of aryl methyl sites for hydroxylation is 1. The summed E-state index contributed by atoms with van der Waals surface area (Å²) in [5.74, 6) is 0.784. The van der Waals surface area contributed by atoms with Crippen LogP contribution in [0.5, 0.6) is 0 Å². The number of halogens is 1. The minimum Gasteiger partial charge on any atom is -0.309 e. The van der Waals surface area contributed by atoms with Gasteiger partial charge in [-0.15, -0.1) is 11.3 Å². The molecule has 0 saturated carbocycles. The van der Waals surface area contributed by atoms with Crippen LogP contribution < -0.4 is 5.56 Å². The van der Waals surface area contributed by atoms with Crippen LogP contribution in [-0.4, -0.2) is 53.8 Å². The molecule has 1 saturated heterocycles. The Morgan fingerprint density at radius 1 is 1.18 bits per heavy atom. The van der Waals surface area contributed by atoms with Gasteiger partial charge >= 0.3 is 0 Å². The second-order valence-electron chi connectivity index (χ2n) is 9.05. The molecule has 0 unspecified atom stereocenters. The van der Waals surface area contributed by atoms with E-state index < -0.39 is 15.8 Å². The molecule has 2 aliphatic rings. The van der Waals surface area contributed by atoms with Crippen molar-refractivity contribution in [1.82, 2.24) is 19.2 Å². The molecule has 1 aliphatic heterocycles. The normalized spacial score (nSPS) is 21.2. The van der Waals surface area contributed by atoms with Gasteiger partial charge < -0.3 is 4.98 Å². The van der Waals surface area contributed by atoms with Crippen molar-refractivity contribution >= 4 is 31.6 Å². The fourth-order valence-corrected chi connectivity index (χ4v) is 7.64. The summed E-state index contributed by atoms with van der Waals surface area (Å²) in [4.78, 5) is 25.1. The number of hydrogen-bond donors (Lipinski definition) is 1. The fraction of sp³-hybridized carbons (Fsp3) is 0.478. The highest BCUT2D eigenvalue weighted by atomic mass is 32.2. The first-order valence-corrected chi connectivity index (χ1v) is 13.5. The molecule has 7 nitrogen and oxygen atoms in total. The molecule has 3 heterocycles. The molecule has 10 heteroatoms. The van der Waals surface area contributed by atoms with Gasteiger partial charge in [-0.2, -0.15) is 4.31 Å². The maximum Gasteiger partial charge on any atom is 0.259 e. The molecule has 2 atom stereocenters. The van der Waals surface area contributed by atoms with Gasteiger partial charge in [-0.05, 0) is 61.9 Å². The van der Waals surface area contributed by atoms with Gasteiger partial charge in [-0.1, -0.05) is 6.92 Å². The number of piperazine rings is 1. The summed E-state index contributed by atoms with van der Waals surface area (Å²) in [7, 11) is -3.67. The maximum atomic E-state index is 13.2. The average Bonchev–Trinajstić information content (AvgIpc) is 3.16. The molecule has 1 N–H and O–H groups in total. The predicted molar refractivity (Wildman–Crippen MR) is 127 cm³/mol. The van der Waals surface area contributed by atoms with E-state index in [1.54, 1.807) is 11.3 Å². The number of fused-ring (bicyclic) bond motifs is 3. The minimum atomic E-state index is -3.67. The first-order valence-electron chi connectivity index (χ1n) is 11.3. The number of nitrogens with one attached hydrogen (secondary N) is 1. The first kappa shape index (κ1) is 22.6. The van der Waals surface area contributed by atoms with E-state index in [9.17, 15) is 17.6 Å². The number of hydrogen-bond acceptors (Lipinski definition) is 6. The van der Waals surface area contributed by atoms with Crippen LogP contribution in [0.4, 0.5) is 4.39 Å². The number of nitrogens with zero attached hydrogens (tertiary/aromatic N) is 3. The monoisotopic (exact) mass is 490 g/mol. The molecule has 2 aromatic heterocycles. The molecule has 3 aromatic rings. The Morgan fingerprint density at radius 3 is 2.58 bits per heavy atom. The Bertz CT molecular complexity index is 1340. The van der Waals surface area contributed by atoms with Crippen molar-refractivity contribution in [3.05, 3.63) is 56.7 Å². The second kappa shape index (κ2) is 8.57. The third-order valence-corrected chi connectivity index (χ3v) is 9.91. The highest BCUT2D eigenvalue weighted by molar-refractivity contribution is 7.89. The largest absolute Gasteiger partial charge is 0.309 e. The lowest BCUT2D eigenvalue weighted by Crippen LogP contribution is -2.49. The molecule has 0 radical (unpaired) electrons. The highest BCUT2D eigenvalue weighted by Gasteiger charge is 2.31. The predicted octanol–water partition coefficient (Wildman–Crippen LogP) is 3.32. The Kier molecular flexibility index (Phi) is 5.88. The average molecular weight is 491 g/mol. The maximum absolute atomic E-state index is 13.2. The quantitative estimate of drug-likeness (QED) is 0.606. The third kappa shape index (κ3) is 4.14. The van der Waals surface area contributed by atoms with E-state index in [0.717, 1.165) is 41.6 Å². The summed E-state index contributed by atoms with van der Waals surface area (Å²) >= 11 is 1.63. The Morgan fingerprint density at radius 2 is 1.88 bits per heavy atom. The van der Waals surface area contributed by atoms with Gasteiger partial charge in [0.1, 0.15) is 16.5 Å². The van der Waals surface area contributed by atoms with Crippen LogP contribution >= 0.6 is 11.3 Å². The molecule has 5 rings (SSSR count). The summed E-state index contributed by atoms with van der Waals surface area (Å²) in [6.07, 6.45) is 3.04. The van der Waals surface area contributed by atoms with E-state index in [4.69, 9.17) is 4.98 Å². The molecule has 0 amide bonds. The van der Waals surface area contributed by atoms with Crippen molar-refractivity contribution in [3.63, 3.8) is 0 Å². The van der Waals surface area contributed by atoms with Crippen LogP contribution in [0.25, 0.3) is 10.2 Å². The number of sulfonamides is 1. The lowest BCUT2D eigenvalue weighted by atomic mass is 9.89. The molecule has 0 bridgehead atoms. The van der Waals surface area contributed by atoms with Gasteiger partial charge in [0, 0.05) is 31.1 Å². The summed E-state index contributed by atoms with van der Waals surface area (Å²) in [6.45, 7) is 5.91. The van der Waals surface area contributed by atoms with E-state index in [0.29, 0.717) is 37.9 Å². The number of aromatic amines is 1. The second-order valence-corrected chi connectivity index (χ2v) is 12.1. The first-order chi connectivity index (χ1) is 15.7. The van der Waals surface area contributed by atoms with Crippen molar-refractivity contribution in [3.8, 4) is 0 Å². The van der Waals surface area contributed by atoms with E-state index in [2.05, 4.69) is 16.8 Å². The van der Waals surface area contributed by atoms with Gasteiger partial charge in [-0.3, -0.25) is 9.69 Å². The zero-order chi connectivity index (χ0) is 23.3. The van der Waals surface area contributed by atoms with E-state index in [1.807, 2.05) is 6.92 Å². The third-order valence-electron chi connectivity index (χ3n) is 6.85. The van der Waals surface area contributed by atoms with Gasteiger partial charge in [-0.25, -0.2) is 17.8 Å². The van der Waals surface area contributed by atoms with E-state index >= 15 is 0 Å². The van der Waals surface area contributed by atoms with Crippen LogP contribution in [0.15, 0.2) is 34.0 Å². The van der Waals surface area contributed by atoms with Crippen molar-refractivity contribution in [1.29, 1.82) is 0 Å². The van der Waals surface area contributed by atoms with Crippen LogP contribution in [0.2, 0.25) is 0 Å². The molecule has 1 fully saturated rings. The van der Waals surface area contributed by atoms with E-state index in [1.165, 1.54) is 26.9 Å². The Labute approximate surface area is 196 Å². The Hall–Kier alpha value is -2.14. The zero-order valence-electron chi connectivity index (χ0n) is 18.7. The summed E-state index contributed by atoms with van der Waals surface area (Å²) < 4.78 is 40.4. The number of aromatic nitrogens is 2. The summed E-state index contributed by atoms with van der Waals surface area (Å²) in [5.41, 5.74) is 1.09. The van der Waals surface area contributed by atoms with Gasteiger partial charge in [0.25, 0.3) is 5.56 Å². The molecule has 1 aromatic carbocycles. The van der Waals surface area contributed by atoms with Crippen LogP contribution in [0, 0.1) is 11.7 Å². The molecular formula is C23H27FN4O3S2. The molecule has 176 valence electrons. The van der Waals surface area contributed by atoms with Gasteiger partial charge in [0.2, 0.25) is 10.0 Å². The summed E-state index contributed by atoms with van der Waals surface area (Å²) in [6, 6.07) is 4.77. The Balaban J connectivity index is 1.33. The minimum absolute atomic E-state index is 0.0774. The van der Waals surface area contributed by atoms with Crippen molar-refractivity contribution in [2.45, 2.75) is 44.0 Å².